The van der Waals surface area contributed by atoms with Crippen LogP contribution < -0.4 is 0 Å². The Kier molecular flexibility index (Phi) is 67.8. The third-order valence-corrected chi connectivity index (χ3v) is 19.7. The first-order valence-electron chi connectivity index (χ1n) is 39.5. The Hall–Kier alpha value is -2.46. The summed E-state index contributed by atoms with van der Waals surface area (Å²) in [5, 5.41) is 10.6. The Morgan fingerprint density at radius 3 is 0.885 bits per heavy atom. The fraction of sp³-hybridized carbons (Fsp3) is 0.896. The van der Waals surface area contributed by atoms with Crippen LogP contribution in [-0.4, -0.2) is 96.7 Å². The molecule has 0 spiro atoms. The second kappa shape index (κ2) is 69.6. The van der Waals surface area contributed by atoms with Crippen LogP contribution in [0.2, 0.25) is 0 Å². The van der Waals surface area contributed by atoms with Crippen LogP contribution in [0, 0.1) is 5.92 Å². The molecule has 0 rings (SSSR count). The highest BCUT2D eigenvalue weighted by Gasteiger charge is 2.30. The van der Waals surface area contributed by atoms with Crippen molar-refractivity contribution in [2.45, 2.75) is 400 Å². The second-order valence-electron chi connectivity index (χ2n) is 27.3. The zero-order chi connectivity index (χ0) is 70.5. The fourth-order valence-electron chi connectivity index (χ4n) is 11.3. The molecule has 0 saturated heterocycles. The normalized spacial score (nSPS) is 14.4. The van der Waals surface area contributed by atoms with E-state index in [0.717, 1.165) is 128 Å². The van der Waals surface area contributed by atoms with E-state index in [2.05, 4.69) is 58.9 Å². The Balaban J connectivity index is 5.19. The van der Waals surface area contributed by atoms with E-state index in [1.165, 1.54) is 173 Å². The number of phosphoric ester groups is 2. The van der Waals surface area contributed by atoms with Crippen molar-refractivity contribution in [3.05, 3.63) is 24.3 Å². The average Bonchev–Trinajstić information content (AvgIpc) is 1.59. The van der Waals surface area contributed by atoms with Crippen LogP contribution in [-0.2, 0) is 65.4 Å². The van der Waals surface area contributed by atoms with E-state index in [1.807, 2.05) is 0 Å². The summed E-state index contributed by atoms with van der Waals surface area (Å²) >= 11 is 0. The zero-order valence-electron chi connectivity index (χ0n) is 62.0. The van der Waals surface area contributed by atoms with E-state index in [9.17, 15) is 43.2 Å². The molecule has 0 aliphatic heterocycles. The van der Waals surface area contributed by atoms with Crippen molar-refractivity contribution in [2.24, 2.45) is 5.92 Å². The van der Waals surface area contributed by atoms with Crippen LogP contribution in [0.25, 0.3) is 0 Å². The lowest BCUT2D eigenvalue weighted by Gasteiger charge is -2.21. The molecule has 96 heavy (non-hydrogen) atoms. The minimum absolute atomic E-state index is 0.102. The van der Waals surface area contributed by atoms with E-state index in [-0.39, 0.29) is 25.7 Å². The van der Waals surface area contributed by atoms with Gasteiger partial charge in [-0.25, -0.2) is 9.13 Å². The fourth-order valence-corrected chi connectivity index (χ4v) is 12.9. The van der Waals surface area contributed by atoms with Gasteiger partial charge < -0.3 is 33.8 Å². The molecule has 0 radical (unpaired) electrons. The monoisotopic (exact) mass is 1410 g/mol. The minimum Gasteiger partial charge on any atom is -0.462 e. The lowest BCUT2D eigenvalue weighted by molar-refractivity contribution is -0.161. The molecule has 0 aromatic rings. The van der Waals surface area contributed by atoms with Crippen LogP contribution in [0.15, 0.2) is 24.3 Å². The van der Waals surface area contributed by atoms with Crippen LogP contribution in [0.5, 0.6) is 0 Å². The Morgan fingerprint density at radius 1 is 0.333 bits per heavy atom. The number of unbranched alkanes of at least 4 members (excludes halogenated alkanes) is 43. The van der Waals surface area contributed by atoms with Gasteiger partial charge in [0.2, 0.25) is 0 Å². The number of rotatable bonds is 75. The summed E-state index contributed by atoms with van der Waals surface area (Å²) in [6.45, 7) is 7.17. The van der Waals surface area contributed by atoms with Gasteiger partial charge in [-0.2, -0.15) is 0 Å². The highest BCUT2D eigenvalue weighted by molar-refractivity contribution is 7.47. The summed E-state index contributed by atoms with van der Waals surface area (Å²) in [6, 6.07) is 0. The summed E-state index contributed by atoms with van der Waals surface area (Å²) in [6.07, 6.45) is 62.1. The molecule has 0 aliphatic carbocycles. The van der Waals surface area contributed by atoms with E-state index in [0.29, 0.717) is 25.7 Å². The van der Waals surface area contributed by atoms with Gasteiger partial charge in [0.05, 0.1) is 26.4 Å². The first-order chi connectivity index (χ1) is 46.6. The standard InChI is InChI=1S/C77H146O17P2/c1-6-10-13-16-19-21-23-25-27-28-29-30-31-32-33-35-37-39-41-47-52-57-62-76(81)93-73(67-88-75(80)61-56-51-46-40-38-36-34-26-24-22-20-17-14-11-7-2)69-92-96(85,86)90-65-71(78)64-89-95(83,84)91-68-72(66-87-74(79)60-55-50-44-18-15-12-8-3)94-77(82)63-58-53-48-43-42-45-49-54-59-70(5)9-4/h22,24,26,34,70-73,78H,6-21,23,25,27-33,35-69H2,1-5H3,(H,83,84)(H,85,86)/b24-22-,34-26-/t70?,71-,72+,73+/m0/s1. The molecule has 0 bridgehead atoms. The molecule has 0 aromatic heterocycles. The molecule has 0 amide bonds. The zero-order valence-corrected chi connectivity index (χ0v) is 63.8. The molecule has 0 aromatic carbocycles. The van der Waals surface area contributed by atoms with Crippen LogP contribution in [0.3, 0.4) is 0 Å². The molecule has 6 atom stereocenters. The van der Waals surface area contributed by atoms with Crippen molar-refractivity contribution in [1.82, 2.24) is 0 Å². The number of phosphoric acid groups is 2. The molecule has 0 heterocycles. The van der Waals surface area contributed by atoms with Gasteiger partial charge in [0.15, 0.2) is 12.2 Å². The van der Waals surface area contributed by atoms with Crippen molar-refractivity contribution in [3.8, 4) is 0 Å². The van der Waals surface area contributed by atoms with Crippen molar-refractivity contribution in [3.63, 3.8) is 0 Å². The quantitative estimate of drug-likeness (QED) is 0.0169. The number of hydrogen-bond donors (Lipinski definition) is 3. The Bertz CT molecular complexity index is 1940. The predicted octanol–water partition coefficient (Wildman–Crippen LogP) is 22.4. The molecule has 3 unspecified atom stereocenters. The molecule has 0 saturated carbocycles. The number of hydrogen-bond acceptors (Lipinski definition) is 15. The van der Waals surface area contributed by atoms with Gasteiger partial charge in [0, 0.05) is 25.7 Å². The molecule has 566 valence electrons. The number of carbonyl (C=O) groups is 4. The average molecular weight is 1410 g/mol. The number of allylic oxidation sites excluding steroid dienone is 4. The van der Waals surface area contributed by atoms with Crippen molar-refractivity contribution in [2.75, 3.05) is 39.6 Å². The maximum Gasteiger partial charge on any atom is 0.472 e. The largest absolute Gasteiger partial charge is 0.472 e. The Labute approximate surface area is 586 Å². The van der Waals surface area contributed by atoms with Crippen molar-refractivity contribution >= 4 is 39.5 Å². The van der Waals surface area contributed by atoms with Crippen LogP contribution in [0.4, 0.5) is 0 Å². The van der Waals surface area contributed by atoms with Gasteiger partial charge in [-0.3, -0.25) is 37.3 Å². The SMILES string of the molecule is CCCCCC/C=C\C=C/CCCCCCCC(=O)OC[C@H](COP(=O)(O)OC[C@@H](O)COP(=O)(O)OC[C@@H](COC(=O)CCCCCCCCC)OC(=O)CCCCCCCCCCC(C)CC)OC(=O)CCCCCCCCCCCCCCCCCCCCCCCC. The maximum absolute atomic E-state index is 13.1. The summed E-state index contributed by atoms with van der Waals surface area (Å²) < 4.78 is 68.4. The predicted molar refractivity (Wildman–Crippen MR) is 391 cm³/mol. The third kappa shape index (κ3) is 68.7. The number of aliphatic hydroxyl groups is 1. The highest BCUT2D eigenvalue weighted by Crippen LogP contribution is 2.45. The molecule has 0 fully saturated rings. The van der Waals surface area contributed by atoms with Gasteiger partial charge >= 0.3 is 39.5 Å². The lowest BCUT2D eigenvalue weighted by Crippen LogP contribution is -2.30. The van der Waals surface area contributed by atoms with Gasteiger partial charge in [-0.05, 0) is 57.3 Å². The van der Waals surface area contributed by atoms with Crippen molar-refractivity contribution in [1.29, 1.82) is 0 Å². The Morgan fingerprint density at radius 2 is 0.583 bits per heavy atom. The van der Waals surface area contributed by atoms with E-state index < -0.39 is 97.5 Å². The number of esters is 4. The topological polar surface area (TPSA) is 237 Å². The van der Waals surface area contributed by atoms with E-state index in [1.54, 1.807) is 0 Å². The van der Waals surface area contributed by atoms with Gasteiger partial charge in [-0.1, -0.05) is 329 Å². The van der Waals surface area contributed by atoms with E-state index in [4.69, 9.17) is 37.0 Å². The first-order valence-corrected chi connectivity index (χ1v) is 42.5. The maximum atomic E-state index is 13.1. The lowest BCUT2D eigenvalue weighted by atomic mass is 9.99. The van der Waals surface area contributed by atoms with Crippen LogP contribution >= 0.6 is 15.6 Å². The second-order valence-corrected chi connectivity index (χ2v) is 30.2. The number of aliphatic hydroxyl groups excluding tert-OH is 1. The summed E-state index contributed by atoms with van der Waals surface area (Å²) in [5.41, 5.74) is 0. The van der Waals surface area contributed by atoms with Gasteiger partial charge in [0.25, 0.3) is 0 Å². The minimum atomic E-state index is -4.96. The van der Waals surface area contributed by atoms with Crippen LogP contribution in [0.1, 0.15) is 381 Å². The molecular weight excluding hydrogens is 1260 g/mol. The van der Waals surface area contributed by atoms with Gasteiger partial charge in [0.1, 0.15) is 19.3 Å². The highest BCUT2D eigenvalue weighted by atomic mass is 31.2. The molecular formula is C77H146O17P2. The van der Waals surface area contributed by atoms with Gasteiger partial charge in [-0.15, -0.1) is 0 Å². The molecule has 19 heteroatoms. The summed E-state index contributed by atoms with van der Waals surface area (Å²) in [7, 11) is -9.92. The summed E-state index contributed by atoms with van der Waals surface area (Å²) in [4.78, 5) is 72.6. The smallest absolute Gasteiger partial charge is 0.462 e. The number of carbonyl (C=O) groups excluding carboxylic acids is 4. The summed E-state index contributed by atoms with van der Waals surface area (Å²) in [5.74, 6) is -1.38. The van der Waals surface area contributed by atoms with Crippen molar-refractivity contribution < 1.29 is 80.2 Å². The number of ether oxygens (including phenoxy) is 4. The molecule has 0 aliphatic rings. The molecule has 17 nitrogen and oxygen atoms in total. The molecule has 3 N–H and O–H groups in total. The third-order valence-electron chi connectivity index (χ3n) is 17.8. The first kappa shape index (κ1) is 93.5. The van der Waals surface area contributed by atoms with E-state index >= 15 is 0 Å².